The van der Waals surface area contributed by atoms with Crippen LogP contribution in [0.25, 0.3) is 0 Å². The van der Waals surface area contributed by atoms with Crippen LogP contribution >= 0.6 is 0 Å². The standard InChI is InChI=1S/C11H17NO3/c13-10(12-6-7-1-2-7)8-3-4-9(5-8)11(14)15/h7-9H,1-6H2,(H,12,13)(H,14,15)/t8-,9+/m1/s1. The fourth-order valence-electron chi connectivity index (χ4n) is 2.16. The Morgan fingerprint density at radius 3 is 2.33 bits per heavy atom. The highest BCUT2D eigenvalue weighted by Gasteiger charge is 2.34. The molecule has 0 bridgehead atoms. The molecule has 0 unspecified atom stereocenters. The van der Waals surface area contributed by atoms with Gasteiger partial charge in [-0.05, 0) is 38.0 Å². The zero-order valence-corrected chi connectivity index (χ0v) is 8.74. The number of carbonyl (C=O) groups excluding carboxylic acids is 1. The molecule has 2 fully saturated rings. The third-order valence-corrected chi connectivity index (χ3v) is 3.41. The van der Waals surface area contributed by atoms with E-state index in [9.17, 15) is 9.59 Å². The second-order valence-corrected chi connectivity index (χ2v) is 4.73. The molecule has 0 aromatic carbocycles. The van der Waals surface area contributed by atoms with Crippen molar-refractivity contribution < 1.29 is 14.7 Å². The fourth-order valence-corrected chi connectivity index (χ4v) is 2.16. The van der Waals surface area contributed by atoms with Gasteiger partial charge in [-0.2, -0.15) is 0 Å². The number of aliphatic carboxylic acids is 1. The number of carbonyl (C=O) groups is 2. The van der Waals surface area contributed by atoms with Crippen LogP contribution in [0, 0.1) is 17.8 Å². The number of carboxylic acid groups (broad SMARTS) is 1. The third-order valence-electron chi connectivity index (χ3n) is 3.41. The zero-order chi connectivity index (χ0) is 10.8. The first-order valence-corrected chi connectivity index (χ1v) is 5.67. The minimum absolute atomic E-state index is 0.0608. The van der Waals surface area contributed by atoms with Crippen LogP contribution in [0.2, 0.25) is 0 Å². The average molecular weight is 211 g/mol. The normalized spacial score (nSPS) is 30.1. The molecule has 4 heteroatoms. The van der Waals surface area contributed by atoms with Crippen molar-refractivity contribution in [2.75, 3.05) is 6.54 Å². The van der Waals surface area contributed by atoms with Crippen LogP contribution in [0.1, 0.15) is 32.1 Å². The lowest BCUT2D eigenvalue weighted by molar-refractivity contribution is -0.141. The van der Waals surface area contributed by atoms with Crippen LogP contribution in [0.3, 0.4) is 0 Å². The molecule has 2 aliphatic rings. The Morgan fingerprint density at radius 1 is 1.13 bits per heavy atom. The summed E-state index contributed by atoms with van der Waals surface area (Å²) < 4.78 is 0. The molecule has 2 N–H and O–H groups in total. The second kappa shape index (κ2) is 4.21. The maximum absolute atomic E-state index is 11.6. The molecule has 4 nitrogen and oxygen atoms in total. The Kier molecular flexibility index (Phi) is 2.93. The molecule has 0 spiro atoms. The lowest BCUT2D eigenvalue weighted by atomic mass is 10.0. The van der Waals surface area contributed by atoms with Crippen LogP contribution in [-0.2, 0) is 9.59 Å². The maximum atomic E-state index is 11.6. The van der Waals surface area contributed by atoms with E-state index in [0.29, 0.717) is 18.8 Å². The van der Waals surface area contributed by atoms with Crippen molar-refractivity contribution >= 4 is 11.9 Å². The van der Waals surface area contributed by atoms with Gasteiger partial charge in [-0.25, -0.2) is 0 Å². The van der Waals surface area contributed by atoms with E-state index in [4.69, 9.17) is 5.11 Å². The molecule has 0 radical (unpaired) electrons. The first-order valence-electron chi connectivity index (χ1n) is 5.67. The lowest BCUT2D eigenvalue weighted by Crippen LogP contribution is -2.31. The van der Waals surface area contributed by atoms with E-state index in [1.54, 1.807) is 0 Å². The van der Waals surface area contributed by atoms with Gasteiger partial charge < -0.3 is 10.4 Å². The van der Waals surface area contributed by atoms with Crippen molar-refractivity contribution in [2.45, 2.75) is 32.1 Å². The van der Waals surface area contributed by atoms with Gasteiger partial charge in [0.2, 0.25) is 5.91 Å². The van der Waals surface area contributed by atoms with Gasteiger partial charge in [-0.1, -0.05) is 0 Å². The number of rotatable bonds is 4. The number of hydrogen-bond acceptors (Lipinski definition) is 2. The molecule has 0 aliphatic heterocycles. The van der Waals surface area contributed by atoms with Crippen molar-refractivity contribution in [1.29, 1.82) is 0 Å². The van der Waals surface area contributed by atoms with Gasteiger partial charge in [0.15, 0.2) is 0 Å². The molecule has 0 heterocycles. The van der Waals surface area contributed by atoms with Crippen molar-refractivity contribution in [3.8, 4) is 0 Å². The number of carboxylic acids is 1. The molecule has 2 rings (SSSR count). The molecule has 0 aromatic heterocycles. The van der Waals surface area contributed by atoms with Gasteiger partial charge in [0.05, 0.1) is 5.92 Å². The minimum atomic E-state index is -0.757. The topological polar surface area (TPSA) is 66.4 Å². The first-order chi connectivity index (χ1) is 7.16. The summed E-state index contributed by atoms with van der Waals surface area (Å²) in [4.78, 5) is 22.4. The van der Waals surface area contributed by atoms with Crippen LogP contribution in [0.15, 0.2) is 0 Å². The van der Waals surface area contributed by atoms with Crippen molar-refractivity contribution in [1.82, 2.24) is 5.32 Å². The maximum Gasteiger partial charge on any atom is 0.306 e. The summed E-state index contributed by atoms with van der Waals surface area (Å²) >= 11 is 0. The summed E-state index contributed by atoms with van der Waals surface area (Å²) in [6.07, 6.45) is 4.35. The van der Waals surface area contributed by atoms with Crippen LogP contribution in [-0.4, -0.2) is 23.5 Å². The van der Waals surface area contributed by atoms with Gasteiger partial charge in [0, 0.05) is 12.5 Å². The number of nitrogens with one attached hydrogen (secondary N) is 1. The summed E-state index contributed by atoms with van der Waals surface area (Å²) in [7, 11) is 0. The van der Waals surface area contributed by atoms with Gasteiger partial charge in [0.1, 0.15) is 0 Å². The molecule has 15 heavy (non-hydrogen) atoms. The van der Waals surface area contributed by atoms with Crippen LogP contribution < -0.4 is 5.32 Å². The van der Waals surface area contributed by atoms with Gasteiger partial charge >= 0.3 is 5.97 Å². The Bertz CT molecular complexity index is 273. The number of amides is 1. The molecule has 1 amide bonds. The Morgan fingerprint density at radius 2 is 1.80 bits per heavy atom. The first kappa shape index (κ1) is 10.5. The highest BCUT2D eigenvalue weighted by molar-refractivity contribution is 5.80. The molecule has 84 valence electrons. The summed E-state index contributed by atoms with van der Waals surface area (Å²) in [6.45, 7) is 0.785. The molecular weight excluding hydrogens is 194 g/mol. The Labute approximate surface area is 89.0 Å². The highest BCUT2D eigenvalue weighted by atomic mass is 16.4. The number of hydrogen-bond donors (Lipinski definition) is 2. The summed E-state index contributed by atoms with van der Waals surface area (Å²) in [5, 5.41) is 11.7. The molecule has 0 aromatic rings. The van der Waals surface area contributed by atoms with E-state index in [0.717, 1.165) is 13.0 Å². The van der Waals surface area contributed by atoms with Gasteiger partial charge in [0.25, 0.3) is 0 Å². The van der Waals surface area contributed by atoms with E-state index in [-0.39, 0.29) is 17.7 Å². The van der Waals surface area contributed by atoms with E-state index < -0.39 is 5.97 Å². The fraction of sp³-hybridized carbons (Fsp3) is 0.818. The van der Waals surface area contributed by atoms with E-state index >= 15 is 0 Å². The zero-order valence-electron chi connectivity index (χ0n) is 8.74. The van der Waals surface area contributed by atoms with Crippen LogP contribution in [0.4, 0.5) is 0 Å². The third kappa shape index (κ3) is 2.70. The largest absolute Gasteiger partial charge is 0.481 e. The summed E-state index contributed by atoms with van der Waals surface area (Å²) in [5.41, 5.74) is 0. The Balaban J connectivity index is 1.73. The molecule has 2 aliphatic carbocycles. The molecular formula is C11H17NO3. The van der Waals surface area contributed by atoms with Crippen molar-refractivity contribution in [3.63, 3.8) is 0 Å². The van der Waals surface area contributed by atoms with Crippen molar-refractivity contribution in [2.24, 2.45) is 17.8 Å². The van der Waals surface area contributed by atoms with Gasteiger partial charge in [-0.15, -0.1) is 0 Å². The van der Waals surface area contributed by atoms with Crippen molar-refractivity contribution in [3.05, 3.63) is 0 Å². The van der Waals surface area contributed by atoms with E-state index in [2.05, 4.69) is 5.32 Å². The quantitative estimate of drug-likeness (QED) is 0.729. The van der Waals surface area contributed by atoms with Crippen LogP contribution in [0.5, 0.6) is 0 Å². The highest BCUT2D eigenvalue weighted by Crippen LogP contribution is 2.32. The van der Waals surface area contributed by atoms with E-state index in [1.807, 2.05) is 0 Å². The smallest absolute Gasteiger partial charge is 0.306 e. The molecule has 2 atom stereocenters. The summed E-state index contributed by atoms with van der Waals surface area (Å²) in [5.74, 6) is -0.379. The minimum Gasteiger partial charge on any atom is -0.481 e. The predicted octanol–water partition coefficient (Wildman–Crippen LogP) is 1.01. The average Bonchev–Trinajstić information content (AvgIpc) is 2.88. The van der Waals surface area contributed by atoms with E-state index in [1.165, 1.54) is 12.8 Å². The molecule has 2 saturated carbocycles. The lowest BCUT2D eigenvalue weighted by Gasteiger charge is -2.09. The predicted molar refractivity (Wildman–Crippen MR) is 54.2 cm³/mol. The SMILES string of the molecule is O=C(O)[C@H]1CC[C@@H](C(=O)NCC2CC2)C1. The summed E-state index contributed by atoms with van der Waals surface area (Å²) in [6, 6.07) is 0. The monoisotopic (exact) mass is 211 g/mol. The molecule has 0 saturated heterocycles. The van der Waals surface area contributed by atoms with Gasteiger partial charge in [-0.3, -0.25) is 9.59 Å². The second-order valence-electron chi connectivity index (χ2n) is 4.73. The Hall–Kier alpha value is -1.06.